The first kappa shape index (κ1) is 10.8. The Kier molecular flexibility index (Phi) is 2.97. The zero-order chi connectivity index (χ0) is 11.5. The highest BCUT2D eigenvalue weighted by molar-refractivity contribution is 6.13. The Balaban J connectivity index is 2.20. The van der Waals surface area contributed by atoms with E-state index in [-0.39, 0.29) is 38.0 Å². The molecule has 0 bridgehead atoms. The van der Waals surface area contributed by atoms with E-state index < -0.39 is 0 Å². The summed E-state index contributed by atoms with van der Waals surface area (Å²) in [7, 11) is 0. The van der Waals surface area contributed by atoms with Gasteiger partial charge in [0.25, 0.3) is 0 Å². The molecule has 3 N–H and O–H groups in total. The first-order valence-electron chi connectivity index (χ1n) is 4.82. The van der Waals surface area contributed by atoms with Crippen molar-refractivity contribution in [3.05, 3.63) is 12.0 Å². The molecule has 0 saturated heterocycles. The van der Waals surface area contributed by atoms with Gasteiger partial charge in [0.1, 0.15) is 12.6 Å². The molecule has 16 heavy (non-hydrogen) atoms. The summed E-state index contributed by atoms with van der Waals surface area (Å²) in [6, 6.07) is 0. The molecule has 1 aliphatic rings. The van der Waals surface area contributed by atoms with E-state index in [9.17, 15) is 4.79 Å². The fourth-order valence-electron chi connectivity index (χ4n) is 1.44. The van der Waals surface area contributed by atoms with Crippen molar-refractivity contribution in [2.75, 3.05) is 13.2 Å². The number of nitrogens with zero attached hydrogens (tertiary/aromatic N) is 3. The zero-order valence-electron chi connectivity index (χ0n) is 8.59. The third-order valence-corrected chi connectivity index (χ3v) is 2.13. The number of aliphatic imine (C=N–C) groups is 1. The highest BCUT2D eigenvalue weighted by Gasteiger charge is 2.23. The zero-order valence-corrected chi connectivity index (χ0v) is 8.59. The predicted octanol–water partition coefficient (Wildman–Crippen LogP) is -0.575. The summed E-state index contributed by atoms with van der Waals surface area (Å²) in [6.45, 7) is 0.355. The van der Waals surface area contributed by atoms with E-state index in [4.69, 9.17) is 15.6 Å². The van der Waals surface area contributed by atoms with Gasteiger partial charge < -0.3 is 15.6 Å². The summed E-state index contributed by atoms with van der Waals surface area (Å²) >= 11 is 0. The predicted molar refractivity (Wildman–Crippen MR) is 55.5 cm³/mol. The van der Waals surface area contributed by atoms with Gasteiger partial charge in [0, 0.05) is 0 Å². The van der Waals surface area contributed by atoms with Gasteiger partial charge in [-0.05, 0) is 0 Å². The van der Waals surface area contributed by atoms with Crippen molar-refractivity contribution < 1.29 is 14.6 Å². The first-order valence-corrected chi connectivity index (χ1v) is 4.82. The van der Waals surface area contributed by atoms with Gasteiger partial charge in [-0.3, -0.25) is 9.36 Å². The Hall–Kier alpha value is -1.73. The van der Waals surface area contributed by atoms with Crippen molar-refractivity contribution in [3.63, 3.8) is 0 Å². The molecular formula is C9H12N4O3. The number of aromatic nitrogens is 2. The molecule has 0 radical (unpaired) electrons. The maximum absolute atomic E-state index is 11.5. The molecule has 7 heteroatoms. The Morgan fingerprint density at radius 2 is 2.44 bits per heavy atom. The second kappa shape index (κ2) is 4.42. The maximum atomic E-state index is 11.5. The van der Waals surface area contributed by atoms with Crippen LogP contribution in [0.4, 0.5) is 5.82 Å². The van der Waals surface area contributed by atoms with Gasteiger partial charge in [0.15, 0.2) is 17.3 Å². The number of fused-ring (bicyclic) bond motifs is 1. The van der Waals surface area contributed by atoms with Crippen LogP contribution in [0.25, 0.3) is 0 Å². The summed E-state index contributed by atoms with van der Waals surface area (Å²) in [6.07, 6.45) is 1.59. The van der Waals surface area contributed by atoms with Crippen LogP contribution < -0.4 is 5.73 Å². The summed E-state index contributed by atoms with van der Waals surface area (Å²) in [5.41, 5.74) is 5.85. The maximum Gasteiger partial charge on any atom is 0.192 e. The molecule has 0 saturated carbocycles. The van der Waals surface area contributed by atoms with Gasteiger partial charge >= 0.3 is 0 Å². The van der Waals surface area contributed by atoms with E-state index in [0.29, 0.717) is 11.5 Å². The molecule has 0 atom stereocenters. The van der Waals surface area contributed by atoms with Crippen LogP contribution in [0, 0.1) is 0 Å². The summed E-state index contributed by atoms with van der Waals surface area (Å²) in [5, 5.41) is 8.57. The SMILES string of the molecule is NC1=Nc2c(ncn2COCCO)C(=O)C1. The number of ether oxygens (including phenoxy) is 1. The number of hydrogen-bond donors (Lipinski definition) is 2. The van der Waals surface area contributed by atoms with Crippen LogP contribution in [0.1, 0.15) is 16.9 Å². The van der Waals surface area contributed by atoms with E-state index in [0.717, 1.165) is 0 Å². The van der Waals surface area contributed by atoms with E-state index >= 15 is 0 Å². The fraction of sp³-hybridized carbons (Fsp3) is 0.444. The normalized spacial score (nSPS) is 14.8. The number of rotatable bonds is 4. The minimum Gasteiger partial charge on any atom is -0.394 e. The van der Waals surface area contributed by atoms with Crippen LogP contribution in [0.15, 0.2) is 11.3 Å². The van der Waals surface area contributed by atoms with Crippen LogP contribution in [0.5, 0.6) is 0 Å². The third-order valence-electron chi connectivity index (χ3n) is 2.13. The van der Waals surface area contributed by atoms with E-state index in [1.807, 2.05) is 0 Å². The topological polar surface area (TPSA) is 103 Å². The number of nitrogens with two attached hydrogens (primary N) is 1. The van der Waals surface area contributed by atoms with E-state index in [1.54, 1.807) is 4.57 Å². The van der Waals surface area contributed by atoms with Gasteiger partial charge in [-0.2, -0.15) is 0 Å². The lowest BCUT2D eigenvalue weighted by Crippen LogP contribution is -2.21. The summed E-state index contributed by atoms with van der Waals surface area (Å²) in [5.74, 6) is 0.566. The number of aliphatic hydroxyl groups is 1. The van der Waals surface area contributed by atoms with E-state index in [2.05, 4.69) is 9.98 Å². The van der Waals surface area contributed by atoms with Gasteiger partial charge in [-0.25, -0.2) is 9.98 Å². The quantitative estimate of drug-likeness (QED) is 0.666. The Bertz CT molecular complexity index is 438. The highest BCUT2D eigenvalue weighted by atomic mass is 16.5. The van der Waals surface area contributed by atoms with Crippen molar-refractivity contribution in [3.8, 4) is 0 Å². The van der Waals surface area contributed by atoms with Gasteiger partial charge in [0.05, 0.1) is 26.0 Å². The molecule has 86 valence electrons. The number of aliphatic hydroxyl groups excluding tert-OH is 1. The van der Waals surface area contributed by atoms with Gasteiger partial charge in [0.2, 0.25) is 0 Å². The summed E-state index contributed by atoms with van der Waals surface area (Å²) < 4.78 is 6.69. The Morgan fingerprint density at radius 1 is 1.62 bits per heavy atom. The fourth-order valence-corrected chi connectivity index (χ4v) is 1.44. The van der Waals surface area contributed by atoms with E-state index in [1.165, 1.54) is 6.33 Å². The lowest BCUT2D eigenvalue weighted by Gasteiger charge is -2.10. The molecule has 0 amide bonds. The molecule has 0 unspecified atom stereocenters. The molecule has 2 rings (SSSR count). The van der Waals surface area contributed by atoms with Crippen LogP contribution in [-0.4, -0.2) is 39.5 Å². The Labute approximate surface area is 91.6 Å². The molecule has 1 aromatic rings. The monoisotopic (exact) mass is 224 g/mol. The number of carbonyl (C=O) groups excluding carboxylic acids is 1. The number of amidine groups is 1. The van der Waals surface area contributed by atoms with Crippen molar-refractivity contribution in [2.45, 2.75) is 13.2 Å². The number of ketones is 1. The standard InChI is InChI=1S/C9H12N4O3/c10-7-3-6(15)8-9(12-7)13(4-11-8)5-16-2-1-14/h4,14H,1-3,5H2,(H2,10,12). The average molecular weight is 224 g/mol. The van der Waals surface area contributed by atoms with Crippen molar-refractivity contribution in [2.24, 2.45) is 10.7 Å². The van der Waals surface area contributed by atoms with Crippen molar-refractivity contribution in [1.82, 2.24) is 9.55 Å². The van der Waals surface area contributed by atoms with Crippen LogP contribution in [0.3, 0.4) is 0 Å². The molecular weight excluding hydrogens is 212 g/mol. The van der Waals surface area contributed by atoms with Crippen LogP contribution in [0.2, 0.25) is 0 Å². The second-order valence-electron chi connectivity index (χ2n) is 3.35. The molecule has 2 heterocycles. The van der Waals surface area contributed by atoms with Crippen LogP contribution in [-0.2, 0) is 11.5 Å². The van der Waals surface area contributed by atoms with Crippen LogP contribution >= 0.6 is 0 Å². The van der Waals surface area contributed by atoms with Gasteiger partial charge in [-0.15, -0.1) is 0 Å². The summed E-state index contributed by atoms with van der Waals surface area (Å²) in [4.78, 5) is 19.5. The molecule has 1 aliphatic heterocycles. The lowest BCUT2D eigenvalue weighted by molar-refractivity contribution is 0.0489. The number of Topliss-reactive ketones (excluding diaryl/α,β-unsaturated/α-hetero) is 1. The van der Waals surface area contributed by atoms with Gasteiger partial charge in [-0.1, -0.05) is 0 Å². The van der Waals surface area contributed by atoms with Crippen molar-refractivity contribution >= 4 is 17.4 Å². The molecule has 0 aromatic carbocycles. The molecule has 0 fully saturated rings. The minimum absolute atomic E-state index is 0.0543. The molecule has 1 aromatic heterocycles. The third kappa shape index (κ3) is 1.95. The Morgan fingerprint density at radius 3 is 3.19 bits per heavy atom. The number of carbonyl (C=O) groups is 1. The second-order valence-corrected chi connectivity index (χ2v) is 3.35. The highest BCUT2D eigenvalue weighted by Crippen LogP contribution is 2.23. The smallest absolute Gasteiger partial charge is 0.192 e. The lowest BCUT2D eigenvalue weighted by atomic mass is 10.1. The van der Waals surface area contributed by atoms with Crippen molar-refractivity contribution in [1.29, 1.82) is 0 Å². The number of imidazole rings is 1. The molecule has 0 aliphatic carbocycles. The largest absolute Gasteiger partial charge is 0.394 e. The minimum atomic E-state index is -0.136. The molecule has 7 nitrogen and oxygen atoms in total. The average Bonchev–Trinajstić information content (AvgIpc) is 2.62. The molecule has 0 spiro atoms. The first-order chi connectivity index (χ1) is 7.72. The number of hydrogen-bond acceptors (Lipinski definition) is 6.